The van der Waals surface area contributed by atoms with E-state index in [1.54, 1.807) is 11.3 Å². The van der Waals surface area contributed by atoms with Gasteiger partial charge in [-0.15, -0.1) is 11.3 Å². The molecule has 0 fully saturated rings. The van der Waals surface area contributed by atoms with Gasteiger partial charge >= 0.3 is 0 Å². The number of aromatic nitrogens is 3. The van der Waals surface area contributed by atoms with Crippen LogP contribution in [0.2, 0.25) is 0 Å². The minimum Gasteiger partial charge on any atom is -0.339 e. The van der Waals surface area contributed by atoms with Gasteiger partial charge in [0.05, 0.1) is 18.4 Å². The number of rotatable bonds is 4. The Labute approximate surface area is 103 Å². The van der Waals surface area contributed by atoms with Crippen LogP contribution in [0.4, 0.5) is 0 Å². The molecule has 88 valence electrons. The van der Waals surface area contributed by atoms with Gasteiger partial charge in [-0.05, 0) is 13.8 Å². The van der Waals surface area contributed by atoms with Crippen molar-refractivity contribution in [2.75, 3.05) is 0 Å². The Morgan fingerprint density at radius 2 is 2.35 bits per heavy atom. The van der Waals surface area contributed by atoms with Gasteiger partial charge in [-0.2, -0.15) is 10.2 Å². The van der Waals surface area contributed by atoms with Gasteiger partial charge in [0.1, 0.15) is 5.01 Å². The topological polar surface area (TPSA) is 75.6 Å². The Morgan fingerprint density at radius 1 is 1.53 bits per heavy atom. The molecule has 2 aromatic rings. The van der Waals surface area contributed by atoms with Gasteiger partial charge < -0.3 is 4.52 Å². The van der Waals surface area contributed by atoms with Crippen molar-refractivity contribution in [2.24, 2.45) is 5.92 Å². The third kappa shape index (κ3) is 3.11. The Kier molecular flexibility index (Phi) is 3.49. The lowest BCUT2D eigenvalue weighted by Crippen LogP contribution is -1.97. The number of aryl methyl sites for hydroxylation is 1. The van der Waals surface area contributed by atoms with Crippen LogP contribution in [0.3, 0.4) is 0 Å². The molecule has 0 aliphatic rings. The first-order chi connectivity index (χ1) is 8.17. The van der Waals surface area contributed by atoms with Crippen LogP contribution in [0, 0.1) is 24.2 Å². The molecule has 0 radical (unpaired) electrons. The van der Waals surface area contributed by atoms with Crippen molar-refractivity contribution in [1.82, 2.24) is 15.1 Å². The maximum atomic E-state index is 8.69. The van der Waals surface area contributed by atoms with Crippen LogP contribution in [0.25, 0.3) is 0 Å². The van der Waals surface area contributed by atoms with Crippen LogP contribution in [0.5, 0.6) is 0 Å². The fourth-order valence-electron chi connectivity index (χ4n) is 1.37. The number of nitrogens with zero attached hydrogens (tertiary/aromatic N) is 4. The molecule has 2 aromatic heterocycles. The number of hydrogen-bond acceptors (Lipinski definition) is 6. The molecule has 0 N–H and O–H groups in total. The highest BCUT2D eigenvalue weighted by Gasteiger charge is 2.11. The maximum absolute atomic E-state index is 8.69. The molecule has 2 rings (SSSR count). The first-order valence-corrected chi connectivity index (χ1v) is 6.17. The zero-order valence-corrected chi connectivity index (χ0v) is 10.5. The summed E-state index contributed by atoms with van der Waals surface area (Å²) >= 11 is 1.59. The summed E-state index contributed by atoms with van der Waals surface area (Å²) in [7, 11) is 0. The SMILES string of the molecule is Cc1csc(Cc2noc(CC(C)C#N)n2)n1. The van der Waals surface area contributed by atoms with Crippen molar-refractivity contribution < 1.29 is 4.52 Å². The Morgan fingerprint density at radius 3 is 3.00 bits per heavy atom. The van der Waals surface area contributed by atoms with Gasteiger partial charge in [0.25, 0.3) is 0 Å². The number of hydrogen-bond donors (Lipinski definition) is 0. The zero-order valence-electron chi connectivity index (χ0n) is 9.67. The van der Waals surface area contributed by atoms with E-state index in [2.05, 4.69) is 21.2 Å². The Bertz CT molecular complexity index is 540. The summed E-state index contributed by atoms with van der Waals surface area (Å²) in [5.41, 5.74) is 1.01. The van der Waals surface area contributed by atoms with Crippen molar-refractivity contribution in [2.45, 2.75) is 26.7 Å². The summed E-state index contributed by atoms with van der Waals surface area (Å²) in [6.45, 7) is 3.78. The molecule has 0 saturated heterocycles. The predicted octanol–water partition coefficient (Wildman–Crippen LogP) is 2.13. The molecule has 6 heteroatoms. The first kappa shape index (κ1) is 11.7. The molecule has 5 nitrogen and oxygen atoms in total. The highest BCUT2D eigenvalue weighted by atomic mass is 32.1. The maximum Gasteiger partial charge on any atom is 0.227 e. The van der Waals surface area contributed by atoms with E-state index in [9.17, 15) is 0 Å². The minimum atomic E-state index is -0.106. The molecule has 0 bridgehead atoms. The number of thiazole rings is 1. The standard InChI is InChI=1S/C11H12N4OS/c1-7(5-12)3-10-14-9(15-16-10)4-11-13-8(2)6-17-11/h6-7H,3-4H2,1-2H3. The molecule has 17 heavy (non-hydrogen) atoms. The molecule has 1 unspecified atom stereocenters. The van der Waals surface area contributed by atoms with Gasteiger partial charge in [0.15, 0.2) is 5.82 Å². The van der Waals surface area contributed by atoms with E-state index in [1.165, 1.54) is 0 Å². The average Bonchev–Trinajstić information content (AvgIpc) is 2.89. The summed E-state index contributed by atoms with van der Waals surface area (Å²) in [6, 6.07) is 2.14. The first-order valence-electron chi connectivity index (χ1n) is 5.29. The average molecular weight is 248 g/mol. The lowest BCUT2D eigenvalue weighted by molar-refractivity contribution is 0.365. The molecular weight excluding hydrogens is 236 g/mol. The summed E-state index contributed by atoms with van der Waals surface area (Å²) in [5.74, 6) is 1.03. The molecule has 2 heterocycles. The third-order valence-corrected chi connectivity index (χ3v) is 3.15. The van der Waals surface area contributed by atoms with Crippen molar-refractivity contribution >= 4 is 11.3 Å². The molecule has 0 aromatic carbocycles. The zero-order chi connectivity index (χ0) is 12.3. The van der Waals surface area contributed by atoms with E-state index < -0.39 is 0 Å². The predicted molar refractivity (Wildman–Crippen MR) is 62.4 cm³/mol. The van der Waals surface area contributed by atoms with E-state index >= 15 is 0 Å². The Balaban J connectivity index is 2.01. The molecule has 0 saturated carbocycles. The van der Waals surface area contributed by atoms with Gasteiger partial charge in [0, 0.05) is 17.5 Å². The van der Waals surface area contributed by atoms with Crippen molar-refractivity contribution in [3.63, 3.8) is 0 Å². The minimum absolute atomic E-state index is 0.106. The second-order valence-electron chi connectivity index (χ2n) is 3.90. The Hall–Kier alpha value is -1.74. The van der Waals surface area contributed by atoms with E-state index in [-0.39, 0.29) is 5.92 Å². The monoisotopic (exact) mass is 248 g/mol. The molecule has 0 aliphatic carbocycles. The van der Waals surface area contributed by atoms with Crippen LogP contribution < -0.4 is 0 Å². The van der Waals surface area contributed by atoms with E-state index in [0.717, 1.165) is 10.7 Å². The van der Waals surface area contributed by atoms with Crippen LogP contribution in [0.1, 0.15) is 29.3 Å². The molecular formula is C11H12N4OS. The fourth-order valence-corrected chi connectivity index (χ4v) is 2.14. The van der Waals surface area contributed by atoms with Gasteiger partial charge in [-0.3, -0.25) is 0 Å². The third-order valence-electron chi connectivity index (χ3n) is 2.19. The normalized spacial score (nSPS) is 12.3. The van der Waals surface area contributed by atoms with Gasteiger partial charge in [-0.25, -0.2) is 4.98 Å². The van der Waals surface area contributed by atoms with Crippen molar-refractivity contribution in [3.8, 4) is 6.07 Å². The van der Waals surface area contributed by atoms with Crippen LogP contribution in [-0.4, -0.2) is 15.1 Å². The number of nitriles is 1. The lowest BCUT2D eigenvalue weighted by Gasteiger charge is -1.93. The van der Waals surface area contributed by atoms with Crippen LogP contribution in [-0.2, 0) is 12.8 Å². The van der Waals surface area contributed by atoms with Crippen molar-refractivity contribution in [3.05, 3.63) is 27.8 Å². The van der Waals surface area contributed by atoms with Crippen molar-refractivity contribution in [1.29, 1.82) is 5.26 Å². The highest BCUT2D eigenvalue weighted by Crippen LogP contribution is 2.13. The summed E-state index contributed by atoms with van der Waals surface area (Å²) in [5, 5.41) is 15.5. The van der Waals surface area contributed by atoms with E-state index in [1.807, 2.05) is 19.2 Å². The highest BCUT2D eigenvalue weighted by molar-refractivity contribution is 7.09. The van der Waals surface area contributed by atoms with E-state index in [0.29, 0.717) is 24.6 Å². The van der Waals surface area contributed by atoms with Crippen LogP contribution >= 0.6 is 11.3 Å². The second kappa shape index (κ2) is 5.06. The second-order valence-corrected chi connectivity index (χ2v) is 4.84. The largest absolute Gasteiger partial charge is 0.339 e. The van der Waals surface area contributed by atoms with Crippen LogP contribution in [0.15, 0.2) is 9.90 Å². The molecule has 0 spiro atoms. The molecule has 1 atom stereocenters. The van der Waals surface area contributed by atoms with E-state index in [4.69, 9.17) is 9.78 Å². The summed E-state index contributed by atoms with van der Waals surface area (Å²) in [6.07, 6.45) is 1.09. The lowest BCUT2D eigenvalue weighted by atomic mass is 10.1. The fraction of sp³-hybridized carbons (Fsp3) is 0.455. The summed E-state index contributed by atoms with van der Waals surface area (Å²) < 4.78 is 5.08. The molecule has 0 aliphatic heterocycles. The molecule has 0 amide bonds. The smallest absolute Gasteiger partial charge is 0.227 e. The quantitative estimate of drug-likeness (QED) is 0.828. The summed E-state index contributed by atoms with van der Waals surface area (Å²) in [4.78, 5) is 8.58. The van der Waals surface area contributed by atoms with Gasteiger partial charge in [-0.1, -0.05) is 5.16 Å². The van der Waals surface area contributed by atoms with Gasteiger partial charge in [0.2, 0.25) is 5.89 Å².